The van der Waals surface area contributed by atoms with Gasteiger partial charge in [-0.2, -0.15) is 4.39 Å². The van der Waals surface area contributed by atoms with Gasteiger partial charge in [0.05, 0.1) is 11.9 Å². The van der Waals surface area contributed by atoms with Crippen molar-refractivity contribution >= 4 is 23.6 Å². The van der Waals surface area contributed by atoms with Crippen LogP contribution >= 0.6 is 0 Å². The lowest BCUT2D eigenvalue weighted by Gasteiger charge is -2.27. The van der Waals surface area contributed by atoms with Gasteiger partial charge in [-0.15, -0.1) is 0 Å². The molecule has 1 aliphatic heterocycles. The van der Waals surface area contributed by atoms with E-state index < -0.39 is 35.5 Å². The van der Waals surface area contributed by atoms with Gasteiger partial charge in [-0.25, -0.2) is 9.78 Å². The Hall–Kier alpha value is -2.71. The van der Waals surface area contributed by atoms with Crippen molar-refractivity contribution in [1.82, 2.24) is 15.6 Å². The Labute approximate surface area is 157 Å². The monoisotopic (exact) mass is 380 g/mol. The summed E-state index contributed by atoms with van der Waals surface area (Å²) in [4.78, 5) is 40.3. The lowest BCUT2D eigenvalue weighted by Crippen LogP contribution is -2.49. The number of hydrogen-bond donors (Lipinski definition) is 3. The number of aromatic nitrogens is 1. The summed E-state index contributed by atoms with van der Waals surface area (Å²) in [5, 5.41) is 7.85. The van der Waals surface area contributed by atoms with Crippen molar-refractivity contribution in [3.8, 4) is 0 Å². The number of halogens is 1. The molecule has 1 fully saturated rings. The topological polar surface area (TPSA) is 109 Å². The molecule has 1 aromatic heterocycles. The Bertz CT molecular complexity index is 688. The lowest BCUT2D eigenvalue weighted by molar-refractivity contribution is -0.127. The summed E-state index contributed by atoms with van der Waals surface area (Å²) in [6.45, 7) is 5.73. The zero-order valence-electron chi connectivity index (χ0n) is 15.7. The predicted octanol–water partition coefficient (Wildman–Crippen LogP) is 1.97. The highest BCUT2D eigenvalue weighted by Crippen LogP contribution is 2.19. The van der Waals surface area contributed by atoms with Crippen LogP contribution in [-0.2, 0) is 14.3 Å². The van der Waals surface area contributed by atoms with E-state index in [1.54, 1.807) is 20.8 Å². The van der Waals surface area contributed by atoms with E-state index in [1.807, 2.05) is 0 Å². The number of pyridine rings is 1. The zero-order chi connectivity index (χ0) is 20.0. The second kappa shape index (κ2) is 8.79. The summed E-state index contributed by atoms with van der Waals surface area (Å²) in [7, 11) is 0. The van der Waals surface area contributed by atoms with Crippen molar-refractivity contribution in [1.29, 1.82) is 0 Å². The fourth-order valence-electron chi connectivity index (χ4n) is 2.71. The number of carbonyl (C=O) groups excluding carboxylic acids is 3. The number of anilines is 1. The van der Waals surface area contributed by atoms with E-state index in [2.05, 4.69) is 20.9 Å². The van der Waals surface area contributed by atoms with Gasteiger partial charge in [0.1, 0.15) is 11.6 Å². The lowest BCUT2D eigenvalue weighted by atomic mass is 9.91. The number of hydrogen-bond acceptors (Lipinski definition) is 5. The standard InChI is InChI=1S/C18H25FN4O4/c1-18(2,3)27-17(26)23-13(9-11-5-4-8-20-15(11)24)16(25)22-12-6-7-14(19)21-10-12/h6-7,10-11,13H,4-5,8-9H2,1-3H3,(H,20,24)(H,22,25)(H,23,26). The predicted molar refractivity (Wildman–Crippen MR) is 96.3 cm³/mol. The molecule has 148 valence electrons. The maximum absolute atomic E-state index is 12.9. The Morgan fingerprint density at radius 1 is 1.41 bits per heavy atom. The van der Waals surface area contributed by atoms with Gasteiger partial charge in [-0.1, -0.05) is 0 Å². The third kappa shape index (κ3) is 6.84. The molecule has 1 saturated heterocycles. The van der Waals surface area contributed by atoms with Crippen LogP contribution in [0.5, 0.6) is 0 Å². The molecule has 0 saturated carbocycles. The Kier molecular flexibility index (Phi) is 6.70. The minimum atomic E-state index is -0.987. The van der Waals surface area contributed by atoms with E-state index in [4.69, 9.17) is 4.74 Å². The molecule has 0 bridgehead atoms. The molecule has 8 nitrogen and oxygen atoms in total. The molecule has 3 N–H and O–H groups in total. The highest BCUT2D eigenvalue weighted by molar-refractivity contribution is 5.97. The van der Waals surface area contributed by atoms with Gasteiger partial charge in [0.15, 0.2) is 0 Å². The third-order valence-corrected chi connectivity index (χ3v) is 3.92. The van der Waals surface area contributed by atoms with Crippen LogP contribution in [0.4, 0.5) is 14.9 Å². The van der Waals surface area contributed by atoms with Crippen LogP contribution in [0, 0.1) is 11.9 Å². The number of amides is 3. The van der Waals surface area contributed by atoms with Crippen molar-refractivity contribution in [3.63, 3.8) is 0 Å². The first-order valence-electron chi connectivity index (χ1n) is 8.84. The Morgan fingerprint density at radius 3 is 2.74 bits per heavy atom. The number of nitrogens with one attached hydrogen (secondary N) is 3. The van der Waals surface area contributed by atoms with Crippen molar-refractivity contribution in [3.05, 3.63) is 24.3 Å². The maximum Gasteiger partial charge on any atom is 0.408 e. The van der Waals surface area contributed by atoms with Crippen LogP contribution < -0.4 is 16.0 Å². The van der Waals surface area contributed by atoms with E-state index in [9.17, 15) is 18.8 Å². The molecule has 2 heterocycles. The van der Waals surface area contributed by atoms with Crippen LogP contribution in [-0.4, -0.2) is 41.1 Å². The molecule has 2 rings (SSSR count). The van der Waals surface area contributed by atoms with Gasteiger partial charge in [-0.3, -0.25) is 9.59 Å². The van der Waals surface area contributed by atoms with Crippen molar-refractivity contribution in [2.24, 2.45) is 5.92 Å². The van der Waals surface area contributed by atoms with Gasteiger partial charge in [-0.05, 0) is 52.2 Å². The van der Waals surface area contributed by atoms with E-state index in [-0.39, 0.29) is 18.0 Å². The van der Waals surface area contributed by atoms with E-state index in [0.717, 1.165) is 12.5 Å². The third-order valence-electron chi connectivity index (χ3n) is 3.92. The molecule has 27 heavy (non-hydrogen) atoms. The molecular weight excluding hydrogens is 355 g/mol. The number of ether oxygens (including phenoxy) is 1. The zero-order valence-corrected chi connectivity index (χ0v) is 15.7. The van der Waals surface area contributed by atoms with E-state index in [0.29, 0.717) is 13.0 Å². The first kappa shape index (κ1) is 20.6. The molecule has 2 atom stereocenters. The second-order valence-corrected chi connectivity index (χ2v) is 7.42. The summed E-state index contributed by atoms with van der Waals surface area (Å²) >= 11 is 0. The normalized spacial score (nSPS) is 18.2. The van der Waals surface area contributed by atoms with E-state index in [1.165, 1.54) is 12.3 Å². The molecule has 3 amide bonds. The molecule has 1 aromatic rings. The minimum Gasteiger partial charge on any atom is -0.444 e. The first-order chi connectivity index (χ1) is 12.6. The molecule has 1 aliphatic rings. The molecule has 0 radical (unpaired) electrons. The van der Waals surface area contributed by atoms with Crippen LogP contribution in [0.3, 0.4) is 0 Å². The largest absolute Gasteiger partial charge is 0.444 e. The molecule has 2 unspecified atom stereocenters. The van der Waals surface area contributed by atoms with Crippen LogP contribution in [0.15, 0.2) is 18.3 Å². The maximum atomic E-state index is 12.9. The van der Waals surface area contributed by atoms with Crippen LogP contribution in [0.2, 0.25) is 0 Å². The fraction of sp³-hybridized carbons (Fsp3) is 0.556. The number of nitrogens with zero attached hydrogens (tertiary/aromatic N) is 1. The average molecular weight is 380 g/mol. The summed E-state index contributed by atoms with van der Waals surface area (Å²) in [6.07, 6.45) is 1.98. The van der Waals surface area contributed by atoms with Crippen LogP contribution in [0.25, 0.3) is 0 Å². The molecule has 0 aliphatic carbocycles. The van der Waals surface area contributed by atoms with Gasteiger partial charge in [0, 0.05) is 12.5 Å². The quantitative estimate of drug-likeness (QED) is 0.677. The van der Waals surface area contributed by atoms with Gasteiger partial charge < -0.3 is 20.7 Å². The summed E-state index contributed by atoms with van der Waals surface area (Å²) in [5.74, 6) is -1.74. The smallest absolute Gasteiger partial charge is 0.408 e. The van der Waals surface area contributed by atoms with Crippen LogP contribution in [0.1, 0.15) is 40.0 Å². The highest BCUT2D eigenvalue weighted by Gasteiger charge is 2.31. The Balaban J connectivity index is 2.09. The first-order valence-corrected chi connectivity index (χ1v) is 8.84. The van der Waals surface area contributed by atoms with E-state index >= 15 is 0 Å². The summed E-state index contributed by atoms with van der Waals surface area (Å²) < 4.78 is 18.1. The number of alkyl carbamates (subject to hydrolysis) is 1. The molecular formula is C18H25FN4O4. The van der Waals surface area contributed by atoms with Gasteiger partial charge >= 0.3 is 6.09 Å². The fourth-order valence-corrected chi connectivity index (χ4v) is 2.71. The minimum absolute atomic E-state index is 0.130. The average Bonchev–Trinajstić information content (AvgIpc) is 2.56. The van der Waals surface area contributed by atoms with Crippen molar-refractivity contribution in [2.45, 2.75) is 51.7 Å². The van der Waals surface area contributed by atoms with Crippen molar-refractivity contribution in [2.75, 3.05) is 11.9 Å². The molecule has 0 aromatic carbocycles. The number of piperidine rings is 1. The molecule has 0 spiro atoms. The van der Waals surface area contributed by atoms with Gasteiger partial charge in [0.2, 0.25) is 17.8 Å². The highest BCUT2D eigenvalue weighted by atomic mass is 19.1. The summed E-state index contributed by atoms with van der Waals surface area (Å²) in [5.41, 5.74) is -0.445. The molecule has 9 heteroatoms. The SMILES string of the molecule is CC(C)(C)OC(=O)NC(CC1CCCNC1=O)C(=O)Nc1ccc(F)nc1. The second-order valence-electron chi connectivity index (χ2n) is 7.42. The van der Waals surface area contributed by atoms with Gasteiger partial charge in [0.25, 0.3) is 0 Å². The number of rotatable bonds is 5. The Morgan fingerprint density at radius 2 is 2.15 bits per heavy atom. The number of carbonyl (C=O) groups is 3. The van der Waals surface area contributed by atoms with Crippen molar-refractivity contribution < 1.29 is 23.5 Å². The summed E-state index contributed by atoms with van der Waals surface area (Å²) in [6, 6.07) is 1.48.